The zero-order valence-electron chi connectivity index (χ0n) is 16.1. The minimum Gasteiger partial charge on any atom is -0.475 e. The van der Waals surface area contributed by atoms with Crippen LogP contribution in [0.2, 0.25) is 0 Å². The third kappa shape index (κ3) is 5.12. The van der Waals surface area contributed by atoms with Crippen LogP contribution >= 0.6 is 12.4 Å². The topological polar surface area (TPSA) is 122 Å². The average molecular weight is 432 g/mol. The van der Waals surface area contributed by atoms with Crippen molar-refractivity contribution in [3.05, 3.63) is 54.3 Å². The normalized spacial score (nSPS) is 15.8. The number of imidazole rings is 1. The van der Waals surface area contributed by atoms with Crippen LogP contribution in [0.25, 0.3) is 16.6 Å². The van der Waals surface area contributed by atoms with Gasteiger partial charge in [0.25, 0.3) is 0 Å². The van der Waals surface area contributed by atoms with Gasteiger partial charge in [0.1, 0.15) is 11.8 Å². The standard InChI is InChI=1S/C12H15N3O2.C8H6N2O2.ClH/c1-5-16-6-2-9(1)11-12(15-4-3-14-11)17-10-7-13-8-10;11-8(12)7-9-5-3-1-2-4-6(5)10-7;/h1,3-4,10,13H,2,5-8H2;1-4H,(H,9,10)(H,11,12);1H. The Balaban J connectivity index is 0.000000175. The Morgan fingerprint density at radius 1 is 1.20 bits per heavy atom. The number of H-pyrrole nitrogens is 1. The Labute approximate surface area is 179 Å². The second-order valence-corrected chi connectivity index (χ2v) is 6.57. The Morgan fingerprint density at radius 2 is 2.00 bits per heavy atom. The molecule has 0 bridgehead atoms. The molecular formula is C20H22ClN5O4. The Morgan fingerprint density at radius 3 is 2.67 bits per heavy atom. The van der Waals surface area contributed by atoms with E-state index >= 15 is 0 Å². The highest BCUT2D eigenvalue weighted by atomic mass is 35.5. The van der Waals surface area contributed by atoms with E-state index < -0.39 is 5.97 Å². The first-order valence-corrected chi connectivity index (χ1v) is 9.34. The molecule has 2 aliphatic rings. The summed E-state index contributed by atoms with van der Waals surface area (Å²) in [6.07, 6.45) is 6.53. The number of nitrogens with zero attached hydrogens (tertiary/aromatic N) is 3. The van der Waals surface area contributed by atoms with Crippen molar-refractivity contribution in [3.8, 4) is 5.88 Å². The number of nitrogens with one attached hydrogen (secondary N) is 2. The average Bonchev–Trinajstić information content (AvgIpc) is 3.17. The lowest BCUT2D eigenvalue weighted by Gasteiger charge is -2.28. The van der Waals surface area contributed by atoms with Gasteiger partial charge in [0.15, 0.2) is 0 Å². The number of fused-ring (bicyclic) bond motifs is 1. The molecule has 0 saturated carbocycles. The van der Waals surface area contributed by atoms with Gasteiger partial charge in [0.05, 0.1) is 24.2 Å². The molecule has 4 heterocycles. The van der Waals surface area contributed by atoms with Crippen molar-refractivity contribution >= 4 is 35.0 Å². The third-order valence-corrected chi connectivity index (χ3v) is 4.55. The van der Waals surface area contributed by atoms with Crippen molar-refractivity contribution in [2.75, 3.05) is 26.3 Å². The molecule has 1 saturated heterocycles. The fourth-order valence-corrected chi connectivity index (χ4v) is 2.93. The SMILES string of the molecule is C1=C(c2nccnc2OC2CNC2)CCOC1.Cl.O=C(O)c1nc2ccccc2[nH]1. The van der Waals surface area contributed by atoms with E-state index in [1.165, 1.54) is 5.57 Å². The molecule has 0 unspecified atom stereocenters. The summed E-state index contributed by atoms with van der Waals surface area (Å²) in [6, 6.07) is 7.19. The summed E-state index contributed by atoms with van der Waals surface area (Å²) in [5.41, 5.74) is 3.46. The van der Waals surface area contributed by atoms with Gasteiger partial charge in [-0.15, -0.1) is 12.4 Å². The van der Waals surface area contributed by atoms with Gasteiger partial charge in [0, 0.05) is 25.5 Å². The first-order valence-electron chi connectivity index (χ1n) is 9.34. The summed E-state index contributed by atoms with van der Waals surface area (Å²) in [4.78, 5) is 25.7. The van der Waals surface area contributed by atoms with Crippen LogP contribution in [0.5, 0.6) is 5.88 Å². The molecular weight excluding hydrogens is 410 g/mol. The Hall–Kier alpha value is -3.01. The van der Waals surface area contributed by atoms with Crippen LogP contribution in [-0.4, -0.2) is 63.4 Å². The summed E-state index contributed by atoms with van der Waals surface area (Å²) in [5.74, 6) is -0.408. The van der Waals surface area contributed by atoms with Gasteiger partial charge in [-0.05, 0) is 24.1 Å². The predicted molar refractivity (Wildman–Crippen MR) is 113 cm³/mol. The first-order chi connectivity index (χ1) is 14.2. The maximum Gasteiger partial charge on any atom is 0.371 e. The summed E-state index contributed by atoms with van der Waals surface area (Å²) < 4.78 is 11.1. The maximum absolute atomic E-state index is 10.5. The summed E-state index contributed by atoms with van der Waals surface area (Å²) in [7, 11) is 0. The molecule has 30 heavy (non-hydrogen) atoms. The van der Waals surface area contributed by atoms with Crippen molar-refractivity contribution in [3.63, 3.8) is 0 Å². The van der Waals surface area contributed by atoms with E-state index in [1.54, 1.807) is 24.5 Å². The van der Waals surface area contributed by atoms with Crippen LogP contribution in [0.1, 0.15) is 22.7 Å². The quantitative estimate of drug-likeness (QED) is 0.575. The van der Waals surface area contributed by atoms with E-state index in [1.807, 2.05) is 12.1 Å². The number of benzene rings is 1. The number of aromatic amines is 1. The third-order valence-electron chi connectivity index (χ3n) is 4.55. The van der Waals surface area contributed by atoms with Crippen LogP contribution in [0, 0.1) is 0 Å². The minimum atomic E-state index is -1.04. The molecule has 9 nitrogen and oxygen atoms in total. The minimum absolute atomic E-state index is 0. The number of aromatic carboxylic acids is 1. The molecule has 0 spiro atoms. The van der Waals surface area contributed by atoms with Gasteiger partial charge in [-0.25, -0.2) is 19.7 Å². The van der Waals surface area contributed by atoms with E-state index in [0.29, 0.717) is 18.0 Å². The van der Waals surface area contributed by atoms with Crippen molar-refractivity contribution in [1.29, 1.82) is 0 Å². The summed E-state index contributed by atoms with van der Waals surface area (Å²) >= 11 is 0. The lowest BCUT2D eigenvalue weighted by molar-refractivity contribution is 0.0685. The molecule has 1 aromatic carbocycles. The maximum atomic E-state index is 10.5. The number of hydrogen-bond donors (Lipinski definition) is 3. The monoisotopic (exact) mass is 431 g/mol. The van der Waals surface area contributed by atoms with Gasteiger partial charge >= 0.3 is 5.97 Å². The molecule has 1 fully saturated rings. The van der Waals surface area contributed by atoms with Crippen LogP contribution in [0.3, 0.4) is 0 Å². The van der Waals surface area contributed by atoms with Gasteiger partial charge in [-0.2, -0.15) is 0 Å². The van der Waals surface area contributed by atoms with Crippen molar-refractivity contribution in [1.82, 2.24) is 25.3 Å². The number of rotatable bonds is 4. The molecule has 2 aliphatic heterocycles. The highest BCUT2D eigenvalue weighted by Gasteiger charge is 2.22. The van der Waals surface area contributed by atoms with Crippen LogP contribution in [0.4, 0.5) is 0 Å². The van der Waals surface area contributed by atoms with E-state index in [9.17, 15) is 4.79 Å². The molecule has 3 aromatic rings. The molecule has 0 aliphatic carbocycles. The number of halogens is 1. The highest BCUT2D eigenvalue weighted by Crippen LogP contribution is 2.26. The molecule has 2 aromatic heterocycles. The van der Waals surface area contributed by atoms with Crippen molar-refractivity contribution in [2.24, 2.45) is 0 Å². The number of ether oxygens (including phenoxy) is 2. The Bertz CT molecular complexity index is 1000. The van der Waals surface area contributed by atoms with Gasteiger partial charge < -0.3 is 24.9 Å². The second kappa shape index (κ2) is 10.1. The fraction of sp³-hybridized carbons (Fsp3) is 0.300. The van der Waals surface area contributed by atoms with E-state index in [2.05, 4.69) is 31.3 Å². The van der Waals surface area contributed by atoms with Crippen LogP contribution < -0.4 is 10.1 Å². The molecule has 0 atom stereocenters. The number of carboxylic acids is 1. The smallest absolute Gasteiger partial charge is 0.371 e. The second-order valence-electron chi connectivity index (χ2n) is 6.57. The van der Waals surface area contributed by atoms with Gasteiger partial charge in [-0.1, -0.05) is 18.2 Å². The van der Waals surface area contributed by atoms with E-state index in [0.717, 1.165) is 37.3 Å². The largest absolute Gasteiger partial charge is 0.475 e. The number of para-hydroxylation sites is 2. The summed E-state index contributed by atoms with van der Waals surface area (Å²) in [6.45, 7) is 3.17. The van der Waals surface area contributed by atoms with Gasteiger partial charge in [0.2, 0.25) is 11.7 Å². The Kier molecular flexibility index (Phi) is 7.34. The number of aromatic nitrogens is 4. The van der Waals surface area contributed by atoms with Gasteiger partial charge in [-0.3, -0.25) is 0 Å². The highest BCUT2D eigenvalue weighted by molar-refractivity contribution is 5.88. The molecule has 0 radical (unpaired) electrons. The molecule has 3 N–H and O–H groups in total. The fourth-order valence-electron chi connectivity index (χ4n) is 2.93. The molecule has 158 valence electrons. The molecule has 10 heteroatoms. The van der Waals surface area contributed by atoms with E-state index in [-0.39, 0.29) is 24.3 Å². The molecule has 0 amide bonds. The number of carbonyl (C=O) groups is 1. The number of carboxylic acid groups (broad SMARTS) is 1. The zero-order chi connectivity index (χ0) is 20.1. The number of hydrogen-bond acceptors (Lipinski definition) is 7. The van der Waals surface area contributed by atoms with Crippen molar-refractivity contribution < 1.29 is 19.4 Å². The molecule has 5 rings (SSSR count). The first kappa shape index (κ1) is 21.7. The van der Waals surface area contributed by atoms with E-state index in [4.69, 9.17) is 14.6 Å². The van der Waals surface area contributed by atoms with Crippen LogP contribution in [-0.2, 0) is 4.74 Å². The zero-order valence-corrected chi connectivity index (χ0v) is 16.9. The lowest BCUT2D eigenvalue weighted by Crippen LogP contribution is -2.50. The predicted octanol–water partition coefficient (Wildman–Crippen LogP) is 2.31. The van der Waals surface area contributed by atoms with Crippen LogP contribution in [0.15, 0.2) is 42.7 Å². The summed E-state index contributed by atoms with van der Waals surface area (Å²) in [5, 5.41) is 11.8. The van der Waals surface area contributed by atoms with Crippen molar-refractivity contribution in [2.45, 2.75) is 12.5 Å². The lowest BCUT2D eigenvalue weighted by atomic mass is 10.1.